The van der Waals surface area contributed by atoms with Crippen molar-refractivity contribution in [3.05, 3.63) is 65.7 Å². The van der Waals surface area contributed by atoms with E-state index in [1.807, 2.05) is 0 Å². The van der Waals surface area contributed by atoms with E-state index in [-0.39, 0.29) is 0 Å². The summed E-state index contributed by atoms with van der Waals surface area (Å²) in [6, 6.07) is 20.6. The zero-order valence-electron chi connectivity index (χ0n) is 15.2. The molecule has 0 heterocycles. The standard InChI is InChI=1S/C23H31N/c1-3-4-10-19(2)15-16-24(22-13-6-5-7-14-22)23-17-20-11-8-9-12-21(20)18-23/h5-9,11-14,19,23H,3-4,10,15-18H2,1-2H3. The quantitative estimate of drug-likeness (QED) is 0.587. The Morgan fingerprint density at radius 2 is 1.54 bits per heavy atom. The zero-order valence-corrected chi connectivity index (χ0v) is 15.2. The van der Waals surface area contributed by atoms with Crippen molar-refractivity contribution in [3.63, 3.8) is 0 Å². The second-order valence-corrected chi connectivity index (χ2v) is 7.40. The molecule has 0 aromatic heterocycles. The summed E-state index contributed by atoms with van der Waals surface area (Å²) < 4.78 is 0. The summed E-state index contributed by atoms with van der Waals surface area (Å²) in [4.78, 5) is 2.67. The van der Waals surface area contributed by atoms with E-state index in [1.165, 1.54) is 50.8 Å². The van der Waals surface area contributed by atoms with Gasteiger partial charge >= 0.3 is 0 Å². The molecule has 0 radical (unpaired) electrons. The Kier molecular flexibility index (Phi) is 5.96. The van der Waals surface area contributed by atoms with Crippen LogP contribution in [0.4, 0.5) is 5.69 Å². The van der Waals surface area contributed by atoms with E-state index in [2.05, 4.69) is 73.3 Å². The fourth-order valence-corrected chi connectivity index (χ4v) is 3.95. The molecule has 128 valence electrons. The maximum atomic E-state index is 2.67. The summed E-state index contributed by atoms with van der Waals surface area (Å²) in [6.45, 7) is 5.88. The Morgan fingerprint density at radius 3 is 2.17 bits per heavy atom. The van der Waals surface area contributed by atoms with Crippen LogP contribution in [0.5, 0.6) is 0 Å². The fourth-order valence-electron chi connectivity index (χ4n) is 3.95. The molecule has 1 aliphatic rings. The molecule has 0 saturated heterocycles. The molecule has 1 aliphatic carbocycles. The molecule has 24 heavy (non-hydrogen) atoms. The van der Waals surface area contributed by atoms with Crippen molar-refractivity contribution in [1.82, 2.24) is 0 Å². The van der Waals surface area contributed by atoms with E-state index in [0.29, 0.717) is 6.04 Å². The van der Waals surface area contributed by atoms with Gasteiger partial charge in [0, 0.05) is 18.3 Å². The lowest BCUT2D eigenvalue weighted by Gasteiger charge is -2.32. The summed E-state index contributed by atoms with van der Waals surface area (Å²) in [6.07, 6.45) is 7.71. The normalized spacial score (nSPS) is 15.2. The molecule has 1 unspecified atom stereocenters. The minimum Gasteiger partial charge on any atom is -0.368 e. The van der Waals surface area contributed by atoms with Crippen LogP contribution >= 0.6 is 0 Å². The smallest absolute Gasteiger partial charge is 0.0370 e. The third-order valence-corrected chi connectivity index (χ3v) is 5.47. The first-order chi connectivity index (χ1) is 11.8. The average molecular weight is 322 g/mol. The number of fused-ring (bicyclic) bond motifs is 1. The molecule has 0 saturated carbocycles. The van der Waals surface area contributed by atoms with Crippen molar-refractivity contribution in [2.45, 2.75) is 58.4 Å². The predicted molar refractivity (Wildman–Crippen MR) is 105 cm³/mol. The summed E-state index contributed by atoms with van der Waals surface area (Å²) in [5.74, 6) is 0.819. The Labute approximate surface area is 147 Å². The molecule has 0 bridgehead atoms. The molecular formula is C23H31N. The molecule has 1 heteroatoms. The third kappa shape index (κ3) is 4.20. The highest BCUT2D eigenvalue weighted by Crippen LogP contribution is 2.29. The third-order valence-electron chi connectivity index (χ3n) is 5.47. The van der Waals surface area contributed by atoms with E-state index in [4.69, 9.17) is 0 Å². The number of benzene rings is 2. The Balaban J connectivity index is 1.70. The summed E-state index contributed by atoms with van der Waals surface area (Å²) >= 11 is 0. The van der Waals surface area contributed by atoms with Crippen molar-refractivity contribution in [3.8, 4) is 0 Å². The second kappa shape index (κ2) is 8.37. The van der Waals surface area contributed by atoms with Crippen molar-refractivity contribution in [2.75, 3.05) is 11.4 Å². The van der Waals surface area contributed by atoms with Crippen LogP contribution in [0.2, 0.25) is 0 Å². The first-order valence-electron chi connectivity index (χ1n) is 9.66. The second-order valence-electron chi connectivity index (χ2n) is 7.40. The number of hydrogen-bond acceptors (Lipinski definition) is 1. The van der Waals surface area contributed by atoms with Gasteiger partial charge in [0.1, 0.15) is 0 Å². The van der Waals surface area contributed by atoms with Crippen LogP contribution in [0.1, 0.15) is 50.7 Å². The van der Waals surface area contributed by atoms with Gasteiger partial charge in [0.25, 0.3) is 0 Å². The van der Waals surface area contributed by atoms with Gasteiger partial charge in [0.05, 0.1) is 0 Å². The highest BCUT2D eigenvalue weighted by molar-refractivity contribution is 5.49. The molecular weight excluding hydrogens is 290 g/mol. The fraction of sp³-hybridized carbons (Fsp3) is 0.478. The Bertz CT molecular complexity index is 594. The van der Waals surface area contributed by atoms with E-state index < -0.39 is 0 Å². The highest BCUT2D eigenvalue weighted by atomic mass is 15.2. The molecule has 2 aromatic rings. The average Bonchev–Trinajstić information content (AvgIpc) is 3.04. The molecule has 0 N–H and O–H groups in total. The van der Waals surface area contributed by atoms with Crippen LogP contribution < -0.4 is 4.90 Å². The van der Waals surface area contributed by atoms with Crippen molar-refractivity contribution < 1.29 is 0 Å². The van der Waals surface area contributed by atoms with E-state index in [9.17, 15) is 0 Å². The van der Waals surface area contributed by atoms with Crippen molar-refractivity contribution >= 4 is 5.69 Å². The molecule has 0 spiro atoms. The van der Waals surface area contributed by atoms with Crippen LogP contribution in [-0.4, -0.2) is 12.6 Å². The van der Waals surface area contributed by atoms with Crippen LogP contribution in [0.3, 0.4) is 0 Å². The molecule has 0 aliphatic heterocycles. The molecule has 3 rings (SSSR count). The van der Waals surface area contributed by atoms with Crippen LogP contribution in [0.15, 0.2) is 54.6 Å². The molecule has 1 nitrogen and oxygen atoms in total. The van der Waals surface area contributed by atoms with Gasteiger partial charge in [-0.1, -0.05) is 75.6 Å². The van der Waals surface area contributed by atoms with Crippen LogP contribution in [0, 0.1) is 5.92 Å². The Morgan fingerprint density at radius 1 is 0.917 bits per heavy atom. The minimum atomic E-state index is 0.614. The molecule has 0 fully saturated rings. The number of para-hydroxylation sites is 1. The van der Waals surface area contributed by atoms with E-state index >= 15 is 0 Å². The van der Waals surface area contributed by atoms with Crippen LogP contribution in [-0.2, 0) is 12.8 Å². The monoisotopic (exact) mass is 321 g/mol. The topological polar surface area (TPSA) is 3.24 Å². The Hall–Kier alpha value is -1.76. The van der Waals surface area contributed by atoms with Gasteiger partial charge in [-0.2, -0.15) is 0 Å². The van der Waals surface area contributed by atoms with Crippen LogP contribution in [0.25, 0.3) is 0 Å². The van der Waals surface area contributed by atoms with Gasteiger partial charge in [0.15, 0.2) is 0 Å². The van der Waals surface area contributed by atoms with Gasteiger partial charge in [0.2, 0.25) is 0 Å². The summed E-state index contributed by atoms with van der Waals surface area (Å²) in [5, 5.41) is 0. The molecule has 0 amide bonds. The molecule has 1 atom stereocenters. The number of hydrogen-bond donors (Lipinski definition) is 0. The van der Waals surface area contributed by atoms with E-state index in [0.717, 1.165) is 5.92 Å². The number of nitrogens with zero attached hydrogens (tertiary/aromatic N) is 1. The number of unbranched alkanes of at least 4 members (excludes halogenated alkanes) is 1. The maximum absolute atomic E-state index is 2.67. The number of anilines is 1. The van der Waals surface area contributed by atoms with Crippen molar-refractivity contribution in [1.29, 1.82) is 0 Å². The van der Waals surface area contributed by atoms with Gasteiger partial charge in [-0.05, 0) is 48.4 Å². The SMILES string of the molecule is CCCCC(C)CCN(c1ccccc1)C1Cc2ccccc2C1. The predicted octanol–water partition coefficient (Wildman–Crippen LogP) is 5.88. The summed E-state index contributed by atoms with van der Waals surface area (Å²) in [7, 11) is 0. The number of rotatable bonds is 8. The summed E-state index contributed by atoms with van der Waals surface area (Å²) in [5.41, 5.74) is 4.47. The lowest BCUT2D eigenvalue weighted by atomic mass is 9.99. The lowest BCUT2D eigenvalue weighted by molar-refractivity contribution is 0.457. The largest absolute Gasteiger partial charge is 0.368 e. The molecule has 2 aromatic carbocycles. The van der Waals surface area contributed by atoms with E-state index in [1.54, 1.807) is 11.1 Å². The minimum absolute atomic E-state index is 0.614. The highest BCUT2D eigenvalue weighted by Gasteiger charge is 2.26. The first kappa shape index (κ1) is 17.1. The first-order valence-corrected chi connectivity index (χ1v) is 9.66. The van der Waals surface area contributed by atoms with Crippen molar-refractivity contribution in [2.24, 2.45) is 5.92 Å². The van der Waals surface area contributed by atoms with Gasteiger partial charge < -0.3 is 4.90 Å². The van der Waals surface area contributed by atoms with Gasteiger partial charge in [-0.3, -0.25) is 0 Å². The van der Waals surface area contributed by atoms with Gasteiger partial charge in [-0.15, -0.1) is 0 Å². The van der Waals surface area contributed by atoms with Gasteiger partial charge in [-0.25, -0.2) is 0 Å². The lowest BCUT2D eigenvalue weighted by Crippen LogP contribution is -2.37. The maximum Gasteiger partial charge on any atom is 0.0370 e. The zero-order chi connectivity index (χ0) is 16.8.